The van der Waals surface area contributed by atoms with Crippen molar-refractivity contribution in [3.63, 3.8) is 0 Å². The standard InChI is InChI=1S/C19H18F3NO3/c1-12(13-7-3-2-4-8-13)23-16(18(25)26)11-17(24)14-9-5-6-10-15(14)19(20,21)22/h2-10,12,16,23H,11H2,1H3,(H,25,26). The number of nitrogens with one attached hydrogen (secondary N) is 1. The first-order valence-electron chi connectivity index (χ1n) is 7.93. The van der Waals surface area contributed by atoms with E-state index >= 15 is 0 Å². The quantitative estimate of drug-likeness (QED) is 0.726. The monoisotopic (exact) mass is 365 g/mol. The van der Waals surface area contributed by atoms with Gasteiger partial charge in [0.05, 0.1) is 5.56 Å². The van der Waals surface area contributed by atoms with Gasteiger partial charge in [0, 0.05) is 18.0 Å². The number of carbonyl (C=O) groups excluding carboxylic acids is 1. The highest BCUT2D eigenvalue weighted by atomic mass is 19.4. The van der Waals surface area contributed by atoms with Crippen LogP contribution in [0.3, 0.4) is 0 Å². The smallest absolute Gasteiger partial charge is 0.417 e. The molecule has 2 aromatic carbocycles. The lowest BCUT2D eigenvalue weighted by atomic mass is 9.97. The van der Waals surface area contributed by atoms with E-state index in [2.05, 4.69) is 5.32 Å². The highest BCUT2D eigenvalue weighted by Crippen LogP contribution is 2.32. The second-order valence-corrected chi connectivity index (χ2v) is 5.86. The Labute approximate surface area is 148 Å². The van der Waals surface area contributed by atoms with Gasteiger partial charge in [0.1, 0.15) is 6.04 Å². The zero-order chi connectivity index (χ0) is 19.3. The Hall–Kier alpha value is -2.67. The number of aliphatic carboxylic acids is 1. The molecule has 0 bridgehead atoms. The third-order valence-corrected chi connectivity index (χ3v) is 3.97. The van der Waals surface area contributed by atoms with Crippen LogP contribution in [0, 0.1) is 0 Å². The van der Waals surface area contributed by atoms with Crippen molar-refractivity contribution in [2.24, 2.45) is 0 Å². The van der Waals surface area contributed by atoms with Gasteiger partial charge in [-0.25, -0.2) is 0 Å². The summed E-state index contributed by atoms with van der Waals surface area (Å²) in [7, 11) is 0. The molecule has 2 atom stereocenters. The molecule has 2 unspecified atom stereocenters. The Bertz CT molecular complexity index is 775. The molecule has 0 aliphatic rings. The minimum absolute atomic E-state index is 0.386. The summed E-state index contributed by atoms with van der Waals surface area (Å²) in [6.07, 6.45) is -5.27. The highest BCUT2D eigenvalue weighted by Gasteiger charge is 2.35. The van der Waals surface area contributed by atoms with Crippen LogP contribution in [0.2, 0.25) is 0 Å². The Morgan fingerprint density at radius 1 is 1.04 bits per heavy atom. The molecular weight excluding hydrogens is 347 g/mol. The number of hydrogen-bond acceptors (Lipinski definition) is 3. The number of halogens is 3. The van der Waals surface area contributed by atoms with Crippen LogP contribution in [0.25, 0.3) is 0 Å². The van der Waals surface area contributed by atoms with Crippen LogP contribution in [0.1, 0.15) is 40.9 Å². The van der Waals surface area contributed by atoms with Crippen LogP contribution in [0.5, 0.6) is 0 Å². The van der Waals surface area contributed by atoms with Gasteiger partial charge >= 0.3 is 12.1 Å². The third-order valence-electron chi connectivity index (χ3n) is 3.97. The van der Waals surface area contributed by atoms with Crippen molar-refractivity contribution in [3.8, 4) is 0 Å². The summed E-state index contributed by atoms with van der Waals surface area (Å²) in [4.78, 5) is 23.8. The van der Waals surface area contributed by atoms with Gasteiger partial charge in [0.15, 0.2) is 5.78 Å². The summed E-state index contributed by atoms with van der Waals surface area (Å²) in [5, 5.41) is 12.1. The van der Waals surface area contributed by atoms with Crippen molar-refractivity contribution in [2.75, 3.05) is 0 Å². The topological polar surface area (TPSA) is 66.4 Å². The van der Waals surface area contributed by atoms with Crippen molar-refractivity contribution in [1.29, 1.82) is 0 Å². The van der Waals surface area contributed by atoms with Crippen molar-refractivity contribution in [1.82, 2.24) is 5.32 Å². The van der Waals surface area contributed by atoms with Gasteiger partial charge in [0.2, 0.25) is 0 Å². The normalized spacial score (nSPS) is 13.8. The summed E-state index contributed by atoms with van der Waals surface area (Å²) in [5.74, 6) is -2.18. The Kier molecular flexibility index (Phi) is 6.15. The van der Waals surface area contributed by atoms with E-state index < -0.39 is 41.5 Å². The molecule has 0 aliphatic carbocycles. The predicted octanol–water partition coefficient (Wildman–Crippen LogP) is 4.08. The molecule has 26 heavy (non-hydrogen) atoms. The lowest BCUT2D eigenvalue weighted by molar-refractivity contribution is -0.139. The van der Waals surface area contributed by atoms with Gasteiger partial charge in [0.25, 0.3) is 0 Å². The molecule has 138 valence electrons. The summed E-state index contributed by atoms with van der Waals surface area (Å²) < 4.78 is 39.2. The summed E-state index contributed by atoms with van der Waals surface area (Å²) >= 11 is 0. The molecule has 0 aliphatic heterocycles. The number of Topliss-reactive ketones (excluding diaryl/α,β-unsaturated/α-hetero) is 1. The fourth-order valence-electron chi connectivity index (χ4n) is 2.63. The number of rotatable bonds is 7. The Morgan fingerprint density at radius 3 is 2.19 bits per heavy atom. The molecule has 0 saturated carbocycles. The summed E-state index contributed by atoms with van der Waals surface area (Å²) in [6.45, 7) is 1.72. The van der Waals surface area contributed by atoms with Crippen LogP contribution < -0.4 is 5.32 Å². The molecule has 0 fully saturated rings. The Morgan fingerprint density at radius 2 is 1.62 bits per heavy atom. The minimum Gasteiger partial charge on any atom is -0.480 e. The van der Waals surface area contributed by atoms with E-state index in [0.29, 0.717) is 0 Å². The van der Waals surface area contributed by atoms with Crippen molar-refractivity contribution >= 4 is 11.8 Å². The molecule has 0 amide bonds. The maximum atomic E-state index is 13.1. The fraction of sp³-hybridized carbons (Fsp3) is 0.263. The molecule has 0 heterocycles. The SMILES string of the molecule is CC(NC(CC(=O)c1ccccc1C(F)(F)F)C(=O)O)c1ccccc1. The number of carbonyl (C=O) groups is 2. The molecule has 7 heteroatoms. The molecule has 2 N–H and O–H groups in total. The van der Waals surface area contributed by atoms with Gasteiger partial charge in [-0.1, -0.05) is 48.5 Å². The van der Waals surface area contributed by atoms with Crippen LogP contribution >= 0.6 is 0 Å². The zero-order valence-corrected chi connectivity index (χ0v) is 14.0. The number of alkyl halides is 3. The van der Waals surface area contributed by atoms with Gasteiger partial charge in [-0.3, -0.25) is 14.9 Å². The Balaban J connectivity index is 2.18. The maximum Gasteiger partial charge on any atom is 0.417 e. The second kappa shape index (κ2) is 8.14. The summed E-state index contributed by atoms with van der Waals surface area (Å²) in [5.41, 5.74) is -0.785. The largest absolute Gasteiger partial charge is 0.480 e. The lowest BCUT2D eigenvalue weighted by Crippen LogP contribution is -2.40. The highest BCUT2D eigenvalue weighted by molar-refractivity contribution is 6.00. The lowest BCUT2D eigenvalue weighted by Gasteiger charge is -2.21. The van der Waals surface area contributed by atoms with E-state index in [0.717, 1.165) is 17.7 Å². The van der Waals surface area contributed by atoms with Gasteiger partial charge in [-0.05, 0) is 18.6 Å². The number of carboxylic acid groups (broad SMARTS) is 1. The molecule has 0 spiro atoms. The van der Waals surface area contributed by atoms with Gasteiger partial charge in [-0.2, -0.15) is 13.2 Å². The van der Waals surface area contributed by atoms with E-state index in [-0.39, 0.29) is 6.04 Å². The predicted molar refractivity (Wildman–Crippen MR) is 89.8 cm³/mol. The van der Waals surface area contributed by atoms with Crippen molar-refractivity contribution < 1.29 is 27.9 Å². The molecule has 0 aromatic heterocycles. The van der Waals surface area contributed by atoms with Crippen LogP contribution in [0.4, 0.5) is 13.2 Å². The first-order chi connectivity index (χ1) is 12.2. The van der Waals surface area contributed by atoms with E-state index in [1.54, 1.807) is 31.2 Å². The number of ketones is 1. The van der Waals surface area contributed by atoms with Gasteiger partial charge < -0.3 is 5.11 Å². The van der Waals surface area contributed by atoms with E-state index in [1.165, 1.54) is 12.1 Å². The third kappa shape index (κ3) is 4.92. The molecule has 0 radical (unpaired) electrons. The number of hydrogen-bond donors (Lipinski definition) is 2. The minimum atomic E-state index is -4.68. The zero-order valence-electron chi connectivity index (χ0n) is 14.0. The van der Waals surface area contributed by atoms with Crippen molar-refractivity contribution in [2.45, 2.75) is 31.6 Å². The molecule has 2 aromatic rings. The van der Waals surface area contributed by atoms with E-state index in [4.69, 9.17) is 0 Å². The molecule has 2 rings (SSSR count). The first-order valence-corrected chi connectivity index (χ1v) is 7.93. The van der Waals surface area contributed by atoms with Crippen LogP contribution in [-0.4, -0.2) is 22.9 Å². The van der Waals surface area contributed by atoms with Gasteiger partial charge in [-0.15, -0.1) is 0 Å². The van der Waals surface area contributed by atoms with E-state index in [9.17, 15) is 27.9 Å². The van der Waals surface area contributed by atoms with Crippen LogP contribution in [0.15, 0.2) is 54.6 Å². The molecule has 0 saturated heterocycles. The number of carboxylic acids is 1. The number of benzene rings is 2. The van der Waals surface area contributed by atoms with E-state index in [1.807, 2.05) is 6.07 Å². The first kappa shape index (κ1) is 19.7. The van der Waals surface area contributed by atoms with Crippen LogP contribution in [-0.2, 0) is 11.0 Å². The second-order valence-electron chi connectivity index (χ2n) is 5.86. The molecule has 4 nitrogen and oxygen atoms in total. The average Bonchev–Trinajstić information content (AvgIpc) is 2.61. The maximum absolute atomic E-state index is 13.1. The average molecular weight is 365 g/mol. The summed E-state index contributed by atoms with van der Waals surface area (Å²) in [6, 6.07) is 11.6. The molecular formula is C19H18F3NO3. The fourth-order valence-corrected chi connectivity index (χ4v) is 2.63. The van der Waals surface area contributed by atoms with Crippen molar-refractivity contribution in [3.05, 3.63) is 71.3 Å².